The Morgan fingerprint density at radius 2 is 1.75 bits per heavy atom. The molecule has 0 bridgehead atoms. The number of hydrogen-bond acceptors (Lipinski definition) is 3. The zero-order valence-corrected chi connectivity index (χ0v) is 16.0. The lowest BCUT2D eigenvalue weighted by atomic mass is 9.87. The Bertz CT molecular complexity index is 440. The third-order valence-corrected chi connectivity index (χ3v) is 5.55. The van der Waals surface area contributed by atoms with E-state index >= 15 is 0 Å². The number of carbonyl (C=O) groups is 2. The van der Waals surface area contributed by atoms with Crippen LogP contribution in [-0.4, -0.2) is 60.0 Å². The fourth-order valence-corrected chi connectivity index (χ4v) is 3.29. The van der Waals surface area contributed by atoms with Crippen molar-refractivity contribution >= 4 is 24.3 Å². The Hall–Kier alpha value is -1.01. The maximum Gasteiger partial charge on any atom is 0.320 e. The summed E-state index contributed by atoms with van der Waals surface area (Å²) in [6, 6.07) is 0.102. The Morgan fingerprint density at radius 3 is 2.29 bits per heavy atom. The van der Waals surface area contributed by atoms with Gasteiger partial charge < -0.3 is 20.9 Å². The Balaban J connectivity index is 0.00000288. The number of nitrogens with two attached hydrogens (primary N) is 1. The molecule has 0 aliphatic carbocycles. The van der Waals surface area contributed by atoms with Crippen molar-refractivity contribution in [2.24, 2.45) is 17.6 Å². The highest BCUT2D eigenvalue weighted by Crippen LogP contribution is 2.22. The van der Waals surface area contributed by atoms with Crippen LogP contribution in [-0.2, 0) is 4.79 Å². The highest BCUT2D eigenvalue weighted by Gasteiger charge is 2.35. The standard InChI is InChI=1S/C17H32N4O2.ClH/c1-13(2)17(3,12-18)19-15(22)14-7-6-10-21(11-14)16(23)20-8-4-5-9-20;/h13-14H,4-12,18H2,1-3H3,(H,19,22);1H. The quantitative estimate of drug-likeness (QED) is 0.802. The molecule has 2 rings (SSSR count). The Labute approximate surface area is 151 Å². The summed E-state index contributed by atoms with van der Waals surface area (Å²) in [7, 11) is 0. The van der Waals surface area contributed by atoms with Crippen molar-refractivity contribution in [1.82, 2.24) is 15.1 Å². The van der Waals surface area contributed by atoms with Crippen LogP contribution in [0.3, 0.4) is 0 Å². The lowest BCUT2D eigenvalue weighted by Gasteiger charge is -2.38. The molecule has 140 valence electrons. The Morgan fingerprint density at radius 1 is 1.17 bits per heavy atom. The van der Waals surface area contributed by atoms with Crippen molar-refractivity contribution in [2.75, 3.05) is 32.7 Å². The van der Waals surface area contributed by atoms with Gasteiger partial charge in [0.2, 0.25) is 5.91 Å². The van der Waals surface area contributed by atoms with Gasteiger partial charge in [-0.1, -0.05) is 13.8 Å². The second kappa shape index (κ2) is 8.90. The van der Waals surface area contributed by atoms with Gasteiger partial charge in [0.05, 0.1) is 11.5 Å². The molecule has 3 N–H and O–H groups in total. The molecule has 2 heterocycles. The second-order valence-corrected chi connectivity index (χ2v) is 7.53. The Kier molecular flexibility index (Phi) is 7.80. The molecule has 0 aromatic heterocycles. The van der Waals surface area contributed by atoms with Crippen LogP contribution < -0.4 is 11.1 Å². The summed E-state index contributed by atoms with van der Waals surface area (Å²) in [5.41, 5.74) is 5.47. The zero-order chi connectivity index (χ0) is 17.0. The number of nitrogens with zero attached hydrogens (tertiary/aromatic N) is 2. The highest BCUT2D eigenvalue weighted by atomic mass is 35.5. The van der Waals surface area contributed by atoms with Crippen molar-refractivity contribution in [3.05, 3.63) is 0 Å². The van der Waals surface area contributed by atoms with Gasteiger partial charge in [0, 0.05) is 32.7 Å². The van der Waals surface area contributed by atoms with E-state index in [1.807, 2.05) is 16.7 Å². The SMILES string of the molecule is CC(C)C(C)(CN)NC(=O)C1CCCN(C(=O)N2CCCC2)C1.Cl. The molecule has 24 heavy (non-hydrogen) atoms. The lowest BCUT2D eigenvalue weighted by molar-refractivity contribution is -0.128. The molecule has 0 saturated carbocycles. The first-order valence-corrected chi connectivity index (χ1v) is 8.93. The first-order valence-electron chi connectivity index (χ1n) is 8.93. The normalized spacial score (nSPS) is 23.6. The summed E-state index contributed by atoms with van der Waals surface area (Å²) in [5.74, 6) is 0.174. The van der Waals surface area contributed by atoms with Crippen molar-refractivity contribution in [2.45, 2.75) is 52.0 Å². The zero-order valence-electron chi connectivity index (χ0n) is 15.2. The molecule has 2 saturated heterocycles. The predicted molar refractivity (Wildman–Crippen MR) is 98.2 cm³/mol. The first-order chi connectivity index (χ1) is 10.9. The van der Waals surface area contributed by atoms with Gasteiger partial charge in [0.15, 0.2) is 0 Å². The van der Waals surface area contributed by atoms with Gasteiger partial charge in [0.25, 0.3) is 0 Å². The van der Waals surface area contributed by atoms with E-state index in [2.05, 4.69) is 19.2 Å². The fraction of sp³-hybridized carbons (Fsp3) is 0.882. The number of carbonyl (C=O) groups excluding carboxylic acids is 2. The van der Waals surface area contributed by atoms with Gasteiger partial charge >= 0.3 is 6.03 Å². The van der Waals surface area contributed by atoms with Gasteiger partial charge in [-0.15, -0.1) is 12.4 Å². The molecule has 7 heteroatoms. The van der Waals surface area contributed by atoms with Crippen LogP contribution in [0.5, 0.6) is 0 Å². The molecule has 3 amide bonds. The third kappa shape index (κ3) is 4.76. The molecule has 2 aliphatic heterocycles. The molecule has 0 aromatic rings. The van der Waals surface area contributed by atoms with Crippen molar-refractivity contribution in [1.29, 1.82) is 0 Å². The van der Waals surface area contributed by atoms with E-state index in [0.29, 0.717) is 13.1 Å². The van der Waals surface area contributed by atoms with E-state index in [4.69, 9.17) is 5.73 Å². The van der Waals surface area contributed by atoms with E-state index in [1.165, 1.54) is 0 Å². The van der Waals surface area contributed by atoms with E-state index < -0.39 is 5.54 Å². The lowest BCUT2D eigenvalue weighted by Crippen LogP contribution is -2.58. The maximum atomic E-state index is 12.6. The number of nitrogens with one attached hydrogen (secondary N) is 1. The molecular weight excluding hydrogens is 328 g/mol. The summed E-state index contributed by atoms with van der Waals surface area (Å²) in [6.45, 7) is 9.53. The highest BCUT2D eigenvalue weighted by molar-refractivity contribution is 5.85. The summed E-state index contributed by atoms with van der Waals surface area (Å²) >= 11 is 0. The van der Waals surface area contributed by atoms with Crippen LogP contribution in [0.4, 0.5) is 4.79 Å². The third-order valence-electron chi connectivity index (χ3n) is 5.55. The minimum absolute atomic E-state index is 0. The van der Waals surface area contributed by atoms with Crippen LogP contribution >= 0.6 is 12.4 Å². The van der Waals surface area contributed by atoms with Crippen LogP contribution in [0.1, 0.15) is 46.5 Å². The van der Waals surface area contributed by atoms with Crippen LogP contribution in [0.15, 0.2) is 0 Å². The van der Waals surface area contributed by atoms with Crippen molar-refractivity contribution < 1.29 is 9.59 Å². The first kappa shape index (κ1) is 21.0. The number of piperidine rings is 1. The van der Waals surface area contributed by atoms with Gasteiger partial charge in [-0.05, 0) is 38.5 Å². The minimum Gasteiger partial charge on any atom is -0.349 e. The van der Waals surface area contributed by atoms with Crippen LogP contribution in [0.2, 0.25) is 0 Å². The van der Waals surface area contributed by atoms with Crippen LogP contribution in [0, 0.1) is 11.8 Å². The molecule has 2 aliphatic rings. The topological polar surface area (TPSA) is 78.7 Å². The fourth-order valence-electron chi connectivity index (χ4n) is 3.29. The van der Waals surface area contributed by atoms with E-state index in [9.17, 15) is 9.59 Å². The van der Waals surface area contributed by atoms with E-state index in [1.54, 1.807) is 0 Å². The number of hydrogen-bond donors (Lipinski definition) is 2. The number of rotatable bonds is 4. The summed E-state index contributed by atoms with van der Waals surface area (Å²) in [4.78, 5) is 28.9. The average Bonchev–Trinajstić information content (AvgIpc) is 3.08. The summed E-state index contributed by atoms with van der Waals surface area (Å²) in [6.07, 6.45) is 3.91. The molecule has 0 spiro atoms. The van der Waals surface area contributed by atoms with E-state index in [-0.39, 0.29) is 36.2 Å². The van der Waals surface area contributed by atoms with Crippen molar-refractivity contribution in [3.63, 3.8) is 0 Å². The maximum absolute atomic E-state index is 12.6. The number of likely N-dealkylation sites (tertiary alicyclic amines) is 2. The molecule has 0 radical (unpaired) electrons. The molecule has 2 unspecified atom stereocenters. The van der Waals surface area contributed by atoms with Gasteiger partial charge in [-0.3, -0.25) is 4.79 Å². The van der Waals surface area contributed by atoms with Gasteiger partial charge in [-0.2, -0.15) is 0 Å². The van der Waals surface area contributed by atoms with E-state index in [0.717, 1.165) is 45.3 Å². The van der Waals surface area contributed by atoms with Gasteiger partial charge in [-0.25, -0.2) is 4.79 Å². The molecule has 0 aromatic carbocycles. The average molecular weight is 361 g/mol. The largest absolute Gasteiger partial charge is 0.349 e. The van der Waals surface area contributed by atoms with Crippen LogP contribution in [0.25, 0.3) is 0 Å². The molecule has 2 fully saturated rings. The monoisotopic (exact) mass is 360 g/mol. The smallest absolute Gasteiger partial charge is 0.320 e. The minimum atomic E-state index is -0.391. The summed E-state index contributed by atoms with van der Waals surface area (Å²) in [5, 5.41) is 3.13. The number of amides is 3. The van der Waals surface area contributed by atoms with Crippen molar-refractivity contribution in [3.8, 4) is 0 Å². The molecule has 2 atom stereocenters. The number of halogens is 1. The van der Waals surface area contributed by atoms with Gasteiger partial charge in [0.1, 0.15) is 0 Å². The molecule has 6 nitrogen and oxygen atoms in total. The molecular formula is C17H33ClN4O2. The summed E-state index contributed by atoms with van der Waals surface area (Å²) < 4.78 is 0. The second-order valence-electron chi connectivity index (χ2n) is 7.53. The predicted octanol–water partition coefficient (Wildman–Crippen LogP) is 1.83. The number of urea groups is 1.